The Kier molecular flexibility index (Phi) is 6.11. The van der Waals surface area contributed by atoms with Crippen molar-refractivity contribution in [3.63, 3.8) is 0 Å². The maximum absolute atomic E-state index is 13.5. The van der Waals surface area contributed by atoms with Gasteiger partial charge in [0.1, 0.15) is 17.1 Å². The van der Waals surface area contributed by atoms with E-state index in [4.69, 9.17) is 14.5 Å². The number of carbonyl (C=O) groups is 1. The van der Waals surface area contributed by atoms with E-state index in [-0.39, 0.29) is 16.5 Å². The minimum Gasteiger partial charge on any atom is -0.496 e. The molecule has 0 bridgehead atoms. The molecular formula is C27H27N3O4. The van der Waals surface area contributed by atoms with Crippen LogP contribution in [0.1, 0.15) is 36.7 Å². The molecule has 1 amide bonds. The van der Waals surface area contributed by atoms with Crippen LogP contribution in [0.15, 0.2) is 71.5 Å². The number of methoxy groups -OCH3 is 2. The van der Waals surface area contributed by atoms with Gasteiger partial charge >= 0.3 is 0 Å². The fourth-order valence-corrected chi connectivity index (χ4v) is 3.78. The van der Waals surface area contributed by atoms with E-state index in [9.17, 15) is 9.59 Å². The van der Waals surface area contributed by atoms with Crippen molar-refractivity contribution in [2.75, 3.05) is 19.6 Å². The van der Waals surface area contributed by atoms with Crippen LogP contribution in [0.3, 0.4) is 0 Å². The summed E-state index contributed by atoms with van der Waals surface area (Å²) in [7, 11) is 2.94. The number of ether oxygens (including phenoxy) is 2. The molecule has 0 atom stereocenters. The summed E-state index contributed by atoms with van der Waals surface area (Å²) in [6, 6.07) is 19.9. The van der Waals surface area contributed by atoms with E-state index in [1.165, 1.54) is 18.9 Å². The third kappa shape index (κ3) is 4.24. The topological polar surface area (TPSA) is 82.4 Å². The average molecular weight is 458 g/mol. The summed E-state index contributed by atoms with van der Waals surface area (Å²) in [6.45, 7) is 6.40. The Hall–Kier alpha value is -4.13. The van der Waals surface area contributed by atoms with Crippen LogP contribution in [0, 0.1) is 0 Å². The van der Waals surface area contributed by atoms with Crippen LogP contribution in [0.5, 0.6) is 11.5 Å². The van der Waals surface area contributed by atoms with Crippen LogP contribution < -0.4 is 20.5 Å². The monoisotopic (exact) mass is 457 g/mol. The zero-order chi connectivity index (χ0) is 24.5. The molecule has 1 heterocycles. The predicted molar refractivity (Wildman–Crippen MR) is 133 cm³/mol. The molecule has 0 radical (unpaired) electrons. The van der Waals surface area contributed by atoms with Gasteiger partial charge in [0.05, 0.1) is 25.1 Å². The highest BCUT2D eigenvalue weighted by Gasteiger charge is 2.22. The molecule has 3 aromatic carbocycles. The molecule has 1 N–H and O–H groups in total. The molecule has 0 spiro atoms. The van der Waals surface area contributed by atoms with Crippen molar-refractivity contribution in [1.29, 1.82) is 0 Å². The summed E-state index contributed by atoms with van der Waals surface area (Å²) in [5.41, 5.74) is 4.88. The van der Waals surface area contributed by atoms with Gasteiger partial charge in [-0.1, -0.05) is 63.2 Å². The molecule has 1 aromatic heterocycles. The summed E-state index contributed by atoms with van der Waals surface area (Å²) >= 11 is 0. The molecule has 0 aliphatic rings. The lowest BCUT2D eigenvalue weighted by atomic mass is 9.86. The summed E-state index contributed by atoms with van der Waals surface area (Å²) < 4.78 is 11.9. The van der Waals surface area contributed by atoms with Gasteiger partial charge in [-0.05, 0) is 35.2 Å². The van der Waals surface area contributed by atoms with Crippen LogP contribution >= 0.6 is 0 Å². The number of aromatic nitrogens is 2. The van der Waals surface area contributed by atoms with E-state index in [2.05, 4.69) is 26.2 Å². The summed E-state index contributed by atoms with van der Waals surface area (Å²) in [4.78, 5) is 31.6. The molecule has 4 aromatic rings. The highest BCUT2D eigenvalue weighted by atomic mass is 16.5. The number of nitrogens with one attached hydrogen (secondary N) is 1. The van der Waals surface area contributed by atoms with Gasteiger partial charge < -0.3 is 9.47 Å². The highest BCUT2D eigenvalue weighted by Crippen LogP contribution is 2.29. The molecule has 174 valence electrons. The van der Waals surface area contributed by atoms with Crippen LogP contribution in [0.25, 0.3) is 22.3 Å². The van der Waals surface area contributed by atoms with Gasteiger partial charge in [0.25, 0.3) is 11.5 Å². The first-order chi connectivity index (χ1) is 16.2. The highest BCUT2D eigenvalue weighted by molar-refractivity contribution is 6.05. The fraction of sp³-hybridized carbons (Fsp3) is 0.222. The molecule has 34 heavy (non-hydrogen) atoms. The van der Waals surface area contributed by atoms with Crippen molar-refractivity contribution in [1.82, 2.24) is 9.66 Å². The van der Waals surface area contributed by atoms with Gasteiger partial charge in [0.15, 0.2) is 5.82 Å². The number of amides is 1. The van der Waals surface area contributed by atoms with E-state index in [1.54, 1.807) is 36.4 Å². The molecule has 0 saturated heterocycles. The number of rotatable bonds is 5. The van der Waals surface area contributed by atoms with E-state index >= 15 is 0 Å². The molecule has 7 nitrogen and oxygen atoms in total. The van der Waals surface area contributed by atoms with Crippen LogP contribution in [0.4, 0.5) is 0 Å². The maximum atomic E-state index is 13.5. The van der Waals surface area contributed by atoms with Gasteiger partial charge in [-0.3, -0.25) is 15.0 Å². The number of carbonyl (C=O) groups excluding carboxylic acids is 1. The molecule has 0 aliphatic carbocycles. The summed E-state index contributed by atoms with van der Waals surface area (Å²) in [5, 5.41) is 0.393. The third-order valence-corrected chi connectivity index (χ3v) is 5.65. The smallest absolute Gasteiger partial charge is 0.280 e. The van der Waals surface area contributed by atoms with Crippen molar-refractivity contribution in [2.45, 2.75) is 26.2 Å². The van der Waals surface area contributed by atoms with Crippen molar-refractivity contribution in [3.8, 4) is 22.9 Å². The lowest BCUT2D eigenvalue weighted by Gasteiger charge is -2.20. The second kappa shape index (κ2) is 9.02. The first-order valence-electron chi connectivity index (χ1n) is 10.9. The molecule has 4 rings (SSSR count). The SMILES string of the molecule is COc1cccc(OC)c1C(=O)Nn1c(-c2ccc(C(C)(C)C)cc2)nc2ccccc2c1=O. The zero-order valence-corrected chi connectivity index (χ0v) is 19.9. The lowest BCUT2D eigenvalue weighted by molar-refractivity contribution is 0.100. The number of para-hydroxylation sites is 1. The summed E-state index contributed by atoms with van der Waals surface area (Å²) in [6.07, 6.45) is 0. The van der Waals surface area contributed by atoms with Crippen molar-refractivity contribution in [3.05, 3.63) is 88.2 Å². The number of nitrogens with zero attached hydrogens (tertiary/aromatic N) is 2. The normalized spacial score (nSPS) is 11.3. The number of benzene rings is 3. The Morgan fingerprint density at radius 2 is 1.50 bits per heavy atom. The largest absolute Gasteiger partial charge is 0.496 e. The van der Waals surface area contributed by atoms with Crippen LogP contribution in [-0.2, 0) is 5.41 Å². The van der Waals surface area contributed by atoms with Gasteiger partial charge in [-0.15, -0.1) is 0 Å². The van der Waals surface area contributed by atoms with Crippen LogP contribution in [0.2, 0.25) is 0 Å². The predicted octanol–water partition coefficient (Wildman–Crippen LogP) is 4.76. The molecule has 0 aliphatic heterocycles. The van der Waals surface area contributed by atoms with Crippen molar-refractivity contribution in [2.24, 2.45) is 0 Å². The molecule has 7 heteroatoms. The standard InChI is InChI=1S/C27H27N3O4/c1-27(2,3)18-15-13-17(14-16-18)24-28-20-10-7-6-9-19(20)26(32)30(24)29-25(31)23-21(33-4)11-8-12-22(23)34-5/h6-16H,1-5H3,(H,29,31). The first-order valence-corrected chi connectivity index (χ1v) is 10.9. The zero-order valence-electron chi connectivity index (χ0n) is 19.9. The fourth-order valence-electron chi connectivity index (χ4n) is 3.78. The van der Waals surface area contributed by atoms with Gasteiger partial charge in [0.2, 0.25) is 0 Å². The Morgan fingerprint density at radius 3 is 2.09 bits per heavy atom. The van der Waals surface area contributed by atoms with E-state index in [1.807, 2.05) is 30.3 Å². The van der Waals surface area contributed by atoms with E-state index < -0.39 is 5.91 Å². The first kappa shape index (κ1) is 23.0. The minimum absolute atomic E-state index is 0.0242. The van der Waals surface area contributed by atoms with Crippen molar-refractivity contribution >= 4 is 16.8 Å². The van der Waals surface area contributed by atoms with Gasteiger partial charge in [-0.2, -0.15) is 4.68 Å². The second-order valence-electron chi connectivity index (χ2n) is 8.90. The number of hydrogen-bond donors (Lipinski definition) is 1. The Bertz CT molecular complexity index is 1390. The van der Waals surface area contributed by atoms with E-state index in [0.29, 0.717) is 33.8 Å². The molecule has 0 unspecified atom stereocenters. The van der Waals surface area contributed by atoms with E-state index in [0.717, 1.165) is 5.56 Å². The average Bonchev–Trinajstić information content (AvgIpc) is 2.84. The number of fused-ring (bicyclic) bond motifs is 1. The third-order valence-electron chi connectivity index (χ3n) is 5.65. The van der Waals surface area contributed by atoms with Crippen molar-refractivity contribution < 1.29 is 14.3 Å². The molecule has 0 fully saturated rings. The van der Waals surface area contributed by atoms with Crippen LogP contribution in [-0.4, -0.2) is 29.8 Å². The maximum Gasteiger partial charge on any atom is 0.280 e. The summed E-state index contributed by atoms with van der Waals surface area (Å²) in [5.74, 6) is 0.428. The Balaban J connectivity index is 1.88. The van der Waals surface area contributed by atoms with Gasteiger partial charge in [-0.25, -0.2) is 4.98 Å². The Morgan fingerprint density at radius 1 is 0.882 bits per heavy atom. The lowest BCUT2D eigenvalue weighted by Crippen LogP contribution is -2.35. The Labute approximate surface area is 198 Å². The second-order valence-corrected chi connectivity index (χ2v) is 8.90. The number of hydrogen-bond acceptors (Lipinski definition) is 5. The molecular weight excluding hydrogens is 430 g/mol. The quantitative estimate of drug-likeness (QED) is 0.467. The molecule has 0 saturated carbocycles. The van der Waals surface area contributed by atoms with Gasteiger partial charge in [0, 0.05) is 5.56 Å². The minimum atomic E-state index is -0.555.